The number of nitrogens with zero attached hydrogens (tertiary/aromatic N) is 2. The summed E-state index contributed by atoms with van der Waals surface area (Å²) in [6.45, 7) is 4.42. The van der Waals surface area contributed by atoms with Gasteiger partial charge in [0.25, 0.3) is 5.56 Å². The molecule has 1 aliphatic heterocycles. The van der Waals surface area contributed by atoms with Crippen LogP contribution in [0.15, 0.2) is 29.1 Å². The number of methoxy groups -OCH3 is 3. The lowest BCUT2D eigenvalue weighted by Gasteiger charge is -2.35. The summed E-state index contributed by atoms with van der Waals surface area (Å²) in [7, 11) is 4.81. The first kappa shape index (κ1) is 22.2. The Labute approximate surface area is 177 Å². The van der Waals surface area contributed by atoms with Crippen LogP contribution >= 0.6 is 0 Å². The first-order valence-corrected chi connectivity index (χ1v) is 10.4. The lowest BCUT2D eigenvalue weighted by Crippen LogP contribution is -2.39. The van der Waals surface area contributed by atoms with Crippen molar-refractivity contribution in [1.29, 1.82) is 0 Å². The molecule has 1 aliphatic rings. The number of hydrogen-bond donors (Lipinski definition) is 1. The maximum Gasteiger partial charge on any atom is 0.259 e. The van der Waals surface area contributed by atoms with Crippen LogP contribution in [-0.4, -0.2) is 55.6 Å². The number of aryl methyl sites for hydroxylation is 1. The number of rotatable bonds is 8. The first-order chi connectivity index (χ1) is 14.5. The van der Waals surface area contributed by atoms with Gasteiger partial charge in [-0.1, -0.05) is 12.5 Å². The zero-order valence-electron chi connectivity index (χ0n) is 18.3. The van der Waals surface area contributed by atoms with E-state index >= 15 is 0 Å². The fourth-order valence-corrected chi connectivity index (χ4v) is 4.25. The Morgan fingerprint density at radius 3 is 2.37 bits per heavy atom. The molecule has 30 heavy (non-hydrogen) atoms. The molecule has 1 saturated heterocycles. The summed E-state index contributed by atoms with van der Waals surface area (Å²) < 4.78 is 17.7. The molecule has 3 rings (SSSR count). The third-order valence-electron chi connectivity index (χ3n) is 5.79. The fraction of sp³-hybridized carbons (Fsp3) is 0.522. The molecule has 0 spiro atoms. The van der Waals surface area contributed by atoms with Gasteiger partial charge in [-0.3, -0.25) is 9.69 Å². The van der Waals surface area contributed by atoms with Crippen LogP contribution in [0.4, 0.5) is 0 Å². The van der Waals surface area contributed by atoms with E-state index < -0.39 is 0 Å². The molecule has 1 aromatic heterocycles. The monoisotopic (exact) mass is 416 g/mol. The largest absolute Gasteiger partial charge is 0.507 e. The maximum atomic E-state index is 13.5. The van der Waals surface area contributed by atoms with Crippen LogP contribution in [0, 0.1) is 6.92 Å². The molecule has 1 fully saturated rings. The average molecular weight is 417 g/mol. The van der Waals surface area contributed by atoms with Crippen LogP contribution in [-0.2, 0) is 11.3 Å². The Kier molecular flexibility index (Phi) is 7.39. The van der Waals surface area contributed by atoms with Crippen LogP contribution in [0.1, 0.15) is 42.1 Å². The summed E-state index contributed by atoms with van der Waals surface area (Å²) in [4.78, 5) is 15.8. The van der Waals surface area contributed by atoms with Crippen molar-refractivity contribution in [1.82, 2.24) is 9.47 Å². The molecule has 0 aliphatic carbocycles. The molecule has 7 heteroatoms. The molecule has 164 valence electrons. The molecule has 2 heterocycles. The molecular formula is C23H32N2O5. The molecule has 2 aromatic rings. The van der Waals surface area contributed by atoms with Crippen molar-refractivity contribution in [3.63, 3.8) is 0 Å². The Bertz CT molecular complexity index is 919. The molecule has 0 amide bonds. The minimum Gasteiger partial charge on any atom is -0.507 e. The van der Waals surface area contributed by atoms with Crippen LogP contribution < -0.4 is 15.0 Å². The SMILES string of the molecule is COCCn1c(C)cc(O)c([C@H](c2ccc(OC)c(OC)c2)N2CCCCC2)c1=O. The molecule has 1 aromatic carbocycles. The van der Waals surface area contributed by atoms with Crippen molar-refractivity contribution in [2.75, 3.05) is 41.0 Å². The maximum absolute atomic E-state index is 13.5. The van der Waals surface area contributed by atoms with E-state index in [0.717, 1.165) is 31.5 Å². The highest BCUT2D eigenvalue weighted by Gasteiger charge is 2.30. The molecule has 0 unspecified atom stereocenters. The van der Waals surface area contributed by atoms with Crippen molar-refractivity contribution in [3.05, 3.63) is 51.4 Å². The Morgan fingerprint density at radius 2 is 1.73 bits per heavy atom. The Hall–Kier alpha value is -2.51. The number of benzene rings is 1. The average Bonchev–Trinajstić information content (AvgIpc) is 2.76. The van der Waals surface area contributed by atoms with E-state index in [0.29, 0.717) is 35.9 Å². The minimum atomic E-state index is -0.369. The summed E-state index contributed by atoms with van der Waals surface area (Å²) in [5, 5.41) is 10.9. The predicted octanol–water partition coefficient (Wildman–Crippen LogP) is 3.10. The summed E-state index contributed by atoms with van der Waals surface area (Å²) in [6, 6.07) is 6.99. The number of hydrogen-bond acceptors (Lipinski definition) is 6. The van der Waals surface area contributed by atoms with Gasteiger partial charge in [0.2, 0.25) is 0 Å². The van der Waals surface area contributed by atoms with E-state index in [9.17, 15) is 9.90 Å². The Balaban J connectivity index is 2.18. The Morgan fingerprint density at radius 1 is 1.03 bits per heavy atom. The lowest BCUT2D eigenvalue weighted by atomic mass is 9.94. The zero-order valence-corrected chi connectivity index (χ0v) is 18.3. The molecule has 0 saturated carbocycles. The van der Waals surface area contributed by atoms with Gasteiger partial charge in [0.15, 0.2) is 11.5 Å². The van der Waals surface area contributed by atoms with Crippen LogP contribution in [0.3, 0.4) is 0 Å². The quantitative estimate of drug-likeness (QED) is 0.713. The molecular weight excluding hydrogens is 384 g/mol. The first-order valence-electron chi connectivity index (χ1n) is 10.4. The number of ether oxygens (including phenoxy) is 3. The molecule has 0 radical (unpaired) electrons. The third-order valence-corrected chi connectivity index (χ3v) is 5.79. The van der Waals surface area contributed by atoms with E-state index in [1.807, 2.05) is 25.1 Å². The molecule has 1 N–H and O–H groups in total. The van der Waals surface area contributed by atoms with Gasteiger partial charge in [-0.25, -0.2) is 0 Å². The summed E-state index contributed by atoms with van der Waals surface area (Å²) in [6.07, 6.45) is 3.30. The molecule has 1 atom stereocenters. The van der Waals surface area contributed by atoms with Crippen molar-refractivity contribution in [2.45, 2.75) is 38.8 Å². The van der Waals surface area contributed by atoms with Crippen molar-refractivity contribution < 1.29 is 19.3 Å². The topological polar surface area (TPSA) is 73.2 Å². The van der Waals surface area contributed by atoms with E-state index in [-0.39, 0.29) is 17.4 Å². The van der Waals surface area contributed by atoms with Gasteiger partial charge in [0, 0.05) is 19.3 Å². The highest BCUT2D eigenvalue weighted by Crippen LogP contribution is 2.38. The van der Waals surface area contributed by atoms with Gasteiger partial charge in [0.05, 0.1) is 32.4 Å². The molecule has 7 nitrogen and oxygen atoms in total. The van der Waals surface area contributed by atoms with Crippen molar-refractivity contribution >= 4 is 0 Å². The molecule has 0 bridgehead atoms. The van der Waals surface area contributed by atoms with Crippen LogP contribution in [0.5, 0.6) is 17.2 Å². The van der Waals surface area contributed by atoms with Crippen molar-refractivity contribution in [2.24, 2.45) is 0 Å². The second kappa shape index (κ2) is 10.00. The van der Waals surface area contributed by atoms with E-state index in [2.05, 4.69) is 4.90 Å². The standard InChI is InChI=1S/C23H32N2O5/c1-16-14-18(26)21(23(27)25(16)12-13-28-2)22(24-10-6-5-7-11-24)17-8-9-19(29-3)20(15-17)30-4/h8-9,14-15,22,26H,5-7,10-13H2,1-4H3/t22-/m0/s1. The number of likely N-dealkylation sites (tertiary alicyclic amines) is 1. The minimum absolute atomic E-state index is 0.0246. The van der Waals surface area contributed by atoms with Gasteiger partial charge in [-0.2, -0.15) is 0 Å². The third kappa shape index (κ3) is 4.47. The number of pyridine rings is 1. The zero-order chi connectivity index (χ0) is 21.7. The lowest BCUT2D eigenvalue weighted by molar-refractivity contribution is 0.178. The van der Waals surface area contributed by atoms with Gasteiger partial charge >= 0.3 is 0 Å². The second-order valence-electron chi connectivity index (χ2n) is 7.65. The van der Waals surface area contributed by atoms with Gasteiger partial charge in [-0.15, -0.1) is 0 Å². The highest BCUT2D eigenvalue weighted by molar-refractivity contribution is 5.48. The number of aromatic nitrogens is 1. The van der Waals surface area contributed by atoms with Crippen LogP contribution in [0.2, 0.25) is 0 Å². The van der Waals surface area contributed by atoms with E-state index in [4.69, 9.17) is 14.2 Å². The van der Waals surface area contributed by atoms with Crippen molar-refractivity contribution in [3.8, 4) is 17.2 Å². The van der Waals surface area contributed by atoms with Gasteiger partial charge in [-0.05, 0) is 56.6 Å². The number of aromatic hydroxyl groups is 1. The predicted molar refractivity (Wildman–Crippen MR) is 116 cm³/mol. The summed E-state index contributed by atoms with van der Waals surface area (Å²) in [5.41, 5.74) is 1.81. The van der Waals surface area contributed by atoms with Gasteiger partial charge in [0.1, 0.15) is 5.75 Å². The summed E-state index contributed by atoms with van der Waals surface area (Å²) >= 11 is 0. The van der Waals surface area contributed by atoms with Crippen LogP contribution in [0.25, 0.3) is 0 Å². The second-order valence-corrected chi connectivity index (χ2v) is 7.65. The fourth-order valence-electron chi connectivity index (χ4n) is 4.25. The smallest absolute Gasteiger partial charge is 0.259 e. The number of piperidine rings is 1. The van der Waals surface area contributed by atoms with E-state index in [1.165, 1.54) is 6.42 Å². The summed E-state index contributed by atoms with van der Waals surface area (Å²) in [5.74, 6) is 1.25. The highest BCUT2D eigenvalue weighted by atomic mass is 16.5. The van der Waals surface area contributed by atoms with Gasteiger partial charge < -0.3 is 23.9 Å². The normalized spacial score (nSPS) is 15.7. The van der Waals surface area contributed by atoms with E-state index in [1.54, 1.807) is 32.0 Å².